The number of aromatic nitrogens is 4. The lowest BCUT2D eigenvalue weighted by atomic mass is 9.85. The first kappa shape index (κ1) is 51.9. The summed E-state index contributed by atoms with van der Waals surface area (Å²) in [5, 5.41) is 38.8. The number of terminal acetylenes is 1. The average Bonchev–Trinajstić information content (AvgIpc) is 3.72. The van der Waals surface area contributed by atoms with E-state index in [2.05, 4.69) is 38.0 Å². The number of benzene rings is 3. The number of nitrogens with zero attached hydrogens (tertiary/aromatic N) is 7. The molecule has 5 saturated heterocycles. The molecule has 0 aliphatic carbocycles. The van der Waals surface area contributed by atoms with Gasteiger partial charge in [-0.15, -0.1) is 6.42 Å². The van der Waals surface area contributed by atoms with Gasteiger partial charge in [0.1, 0.15) is 66.9 Å². The van der Waals surface area contributed by atoms with Crippen LogP contribution in [0.1, 0.15) is 73.0 Å². The number of piperidine rings is 1. The number of anilines is 2. The normalized spacial score (nSPS) is 24.1. The standard InChI is InChI=1S/C59H54F3N9O10/c1-4-36-44(61)9-7-30-13-34(73)15-38(48(30)36)51-49(62)52-40(20-64-51)53(67-57(66-52)81-28-58-11-6-12-69(58)21-31(60)18-58)68-22-32-14-33(23-68)71(32)54(75)29(3)26-79-35-8-10-45-37(16-35)39(19-63-47(74)25-72)41-24-70-46(50(41)65-45)17-43-42(55(70)76)27-80-56(77)59(43,78)5-2/h1,7-10,13,15-17,20,31-33,50,65,72-73,78H,3,5-6,11-12,14,18-19,21-28H2,2H3,(H,63,74). The average molecular weight is 1110 g/mol. The molecular weight excluding hydrogens is 1050 g/mol. The minimum atomic E-state index is -2.00. The summed E-state index contributed by atoms with van der Waals surface area (Å²) in [5.41, 5.74) is 0.185. The number of aromatic hydroxyl groups is 1. The molecule has 3 aromatic heterocycles. The summed E-state index contributed by atoms with van der Waals surface area (Å²) in [7, 11) is 0. The second kappa shape index (κ2) is 19.3. The molecule has 14 rings (SSSR count). The molecule has 0 saturated carbocycles. The van der Waals surface area contributed by atoms with E-state index in [1.807, 2.05) is 4.90 Å². The molecule has 6 aromatic rings. The zero-order chi connectivity index (χ0) is 56.4. The summed E-state index contributed by atoms with van der Waals surface area (Å²) in [5.74, 6) is -0.595. The first-order valence-corrected chi connectivity index (χ1v) is 26.9. The van der Waals surface area contributed by atoms with E-state index in [0.717, 1.165) is 18.5 Å². The number of amides is 2. The fourth-order valence-electron chi connectivity index (χ4n) is 13.4. The quantitative estimate of drug-likeness (QED) is 0.0579. The molecule has 5 fully saturated rings. The number of aliphatic hydroxyl groups is 2. The Balaban J connectivity index is 0.755. The molecule has 8 aliphatic rings. The monoisotopic (exact) mass is 1110 g/mol. The third kappa shape index (κ3) is 8.25. The molecule has 0 radical (unpaired) electrons. The molecule has 6 atom stereocenters. The number of hydrogen-bond acceptors (Lipinski definition) is 16. The van der Waals surface area contributed by atoms with Crippen LogP contribution >= 0.6 is 0 Å². The second-order valence-corrected chi connectivity index (χ2v) is 22.0. The fraction of sp³-hybridized carbons (Fsp3) is 0.373. The van der Waals surface area contributed by atoms with Gasteiger partial charge in [0.05, 0.1) is 40.2 Å². The molecule has 416 valence electrons. The highest BCUT2D eigenvalue weighted by Gasteiger charge is 2.51. The smallest absolute Gasteiger partial charge is 0.343 e. The van der Waals surface area contributed by atoms with Crippen molar-refractivity contribution < 1.29 is 57.1 Å². The Morgan fingerprint density at radius 2 is 1.88 bits per heavy atom. The van der Waals surface area contributed by atoms with Gasteiger partial charge in [-0.1, -0.05) is 25.5 Å². The van der Waals surface area contributed by atoms with E-state index in [0.29, 0.717) is 58.9 Å². The van der Waals surface area contributed by atoms with Crippen LogP contribution in [0.4, 0.5) is 24.7 Å². The van der Waals surface area contributed by atoms with E-state index in [1.165, 1.54) is 30.5 Å². The van der Waals surface area contributed by atoms with Crippen LogP contribution in [0.25, 0.3) is 38.5 Å². The van der Waals surface area contributed by atoms with E-state index in [1.54, 1.807) is 40.7 Å². The van der Waals surface area contributed by atoms with Crippen LogP contribution in [0.15, 0.2) is 77.2 Å². The van der Waals surface area contributed by atoms with Gasteiger partial charge < -0.3 is 54.5 Å². The molecule has 2 bridgehead atoms. The van der Waals surface area contributed by atoms with Crippen molar-refractivity contribution >= 4 is 56.5 Å². The first-order valence-electron chi connectivity index (χ1n) is 26.9. The predicted molar refractivity (Wildman–Crippen MR) is 289 cm³/mol. The van der Waals surface area contributed by atoms with Crippen molar-refractivity contribution in [3.63, 3.8) is 0 Å². The van der Waals surface area contributed by atoms with Gasteiger partial charge in [0.15, 0.2) is 11.4 Å². The molecule has 2 amide bonds. The van der Waals surface area contributed by atoms with E-state index >= 15 is 8.78 Å². The summed E-state index contributed by atoms with van der Waals surface area (Å²) >= 11 is 0. The Kier molecular flexibility index (Phi) is 12.4. The Morgan fingerprint density at radius 3 is 2.65 bits per heavy atom. The maximum absolute atomic E-state index is 17.4. The Morgan fingerprint density at radius 1 is 1.06 bits per heavy atom. The SMILES string of the molecule is C#Cc1c(F)ccc2cc(O)cc(-c3ncc4c(N5CC6CC(C5)N6C(=O)C(=C)COc5ccc6c(c5)C(CNC(=O)CO)=C5Cn7c(cc8c(c7=O)COC(=O)C8(O)CC)C5N6)nc(OCC56CCCN5CC(F)C6)nc4c3F)c12. The van der Waals surface area contributed by atoms with Crippen molar-refractivity contribution in [1.82, 2.24) is 34.6 Å². The van der Waals surface area contributed by atoms with E-state index in [-0.39, 0.29) is 138 Å². The maximum atomic E-state index is 17.4. The number of piperazine rings is 1. The number of nitrogens with one attached hydrogen (secondary N) is 2. The number of phenols is 1. The van der Waals surface area contributed by atoms with Crippen molar-refractivity contribution in [3.05, 3.63) is 122 Å². The predicted octanol–water partition coefficient (Wildman–Crippen LogP) is 5.05. The van der Waals surface area contributed by atoms with Gasteiger partial charge in [-0.25, -0.2) is 18.0 Å². The van der Waals surface area contributed by atoms with Gasteiger partial charge >= 0.3 is 12.0 Å². The highest BCUT2D eigenvalue weighted by atomic mass is 19.1. The Bertz CT molecular complexity index is 3890. The summed E-state index contributed by atoms with van der Waals surface area (Å²) < 4.78 is 66.7. The number of fused-ring (bicyclic) bond motifs is 10. The lowest BCUT2D eigenvalue weighted by Crippen LogP contribution is -2.70. The number of halogens is 3. The molecule has 22 heteroatoms. The number of pyridine rings is 2. The van der Waals surface area contributed by atoms with Gasteiger partial charge in [-0.2, -0.15) is 9.97 Å². The highest BCUT2D eigenvalue weighted by molar-refractivity contribution is 6.03. The molecule has 81 heavy (non-hydrogen) atoms. The molecule has 3 aromatic carbocycles. The number of carbonyl (C=O) groups excluding carboxylic acids is 3. The van der Waals surface area contributed by atoms with Gasteiger partial charge in [0, 0.05) is 84.4 Å². The maximum Gasteiger partial charge on any atom is 0.343 e. The van der Waals surface area contributed by atoms with Crippen LogP contribution in [0.5, 0.6) is 17.5 Å². The van der Waals surface area contributed by atoms with Gasteiger partial charge in [-0.05, 0) is 91.2 Å². The summed E-state index contributed by atoms with van der Waals surface area (Å²) in [6.45, 7) is 6.24. The van der Waals surface area contributed by atoms with Crippen molar-refractivity contribution in [2.45, 2.75) is 87.6 Å². The molecule has 11 heterocycles. The molecular formula is C59H54F3N9O10. The van der Waals surface area contributed by atoms with E-state index in [4.69, 9.17) is 25.6 Å². The van der Waals surface area contributed by atoms with Crippen molar-refractivity contribution in [3.8, 4) is 41.1 Å². The summed E-state index contributed by atoms with van der Waals surface area (Å²) in [6, 6.07) is 10.8. The molecule has 5 N–H and O–H groups in total. The highest BCUT2D eigenvalue weighted by Crippen LogP contribution is 2.48. The molecule has 19 nitrogen and oxygen atoms in total. The second-order valence-electron chi connectivity index (χ2n) is 22.0. The van der Waals surface area contributed by atoms with Crippen LogP contribution in [-0.2, 0) is 37.9 Å². The van der Waals surface area contributed by atoms with Gasteiger partial charge in [-0.3, -0.25) is 24.3 Å². The summed E-state index contributed by atoms with van der Waals surface area (Å²) in [4.78, 5) is 73.2. The number of hydrogen-bond donors (Lipinski definition) is 5. The minimum Gasteiger partial charge on any atom is -0.508 e. The zero-order valence-corrected chi connectivity index (χ0v) is 43.9. The number of carbonyl (C=O) groups is 3. The molecule has 8 aliphatic heterocycles. The third-order valence-electron chi connectivity index (χ3n) is 17.4. The Labute approximate surface area is 460 Å². The molecule has 0 spiro atoms. The third-order valence-corrected chi connectivity index (χ3v) is 17.4. The number of aliphatic hydroxyl groups excluding tert-OH is 1. The largest absolute Gasteiger partial charge is 0.508 e. The Hall–Kier alpha value is -8.52. The van der Waals surface area contributed by atoms with Crippen LogP contribution in [0.2, 0.25) is 0 Å². The minimum absolute atomic E-state index is 0.0134. The topological polar surface area (TPSA) is 234 Å². The van der Waals surface area contributed by atoms with Gasteiger partial charge in [0.2, 0.25) is 5.91 Å². The number of ether oxygens (including phenoxy) is 3. The van der Waals surface area contributed by atoms with Gasteiger partial charge in [0.25, 0.3) is 11.5 Å². The van der Waals surface area contributed by atoms with Crippen LogP contribution in [0.3, 0.4) is 0 Å². The number of esters is 1. The lowest BCUT2D eigenvalue weighted by molar-refractivity contribution is -0.172. The number of rotatable bonds is 13. The van der Waals surface area contributed by atoms with E-state index < -0.39 is 59.0 Å². The van der Waals surface area contributed by atoms with Crippen LogP contribution < -0.4 is 30.6 Å². The number of phenolic OH excluding ortho intramolecular Hbond substituents is 1. The van der Waals surface area contributed by atoms with Crippen molar-refractivity contribution in [2.75, 3.05) is 62.8 Å². The number of alkyl halides is 1. The first-order chi connectivity index (χ1) is 39.0. The van der Waals surface area contributed by atoms with Crippen LogP contribution in [0, 0.1) is 24.0 Å². The lowest BCUT2D eigenvalue weighted by Gasteiger charge is -2.56. The summed E-state index contributed by atoms with van der Waals surface area (Å²) in [6.07, 6.45) is 8.65. The number of cyclic esters (lactones) is 1. The van der Waals surface area contributed by atoms with E-state index in [9.17, 15) is 38.9 Å². The fourth-order valence-corrected chi connectivity index (χ4v) is 13.4. The van der Waals surface area contributed by atoms with Crippen molar-refractivity contribution in [2.24, 2.45) is 0 Å². The zero-order valence-electron chi connectivity index (χ0n) is 43.9. The van der Waals surface area contributed by atoms with Crippen LogP contribution in [-0.4, -0.2) is 139 Å². The van der Waals surface area contributed by atoms with Crippen molar-refractivity contribution in [1.29, 1.82) is 0 Å². The molecule has 6 unspecified atom stereocenters.